The molecule has 0 heterocycles. The molecule has 0 rings (SSSR count). The third-order valence-corrected chi connectivity index (χ3v) is 4.63. The van der Waals surface area contributed by atoms with E-state index < -0.39 is 9.84 Å². The Morgan fingerprint density at radius 3 is 2.12 bits per heavy atom. The first-order valence-corrected chi connectivity index (χ1v) is 8.31. The first kappa shape index (κ1) is 15.9. The summed E-state index contributed by atoms with van der Waals surface area (Å²) in [7, 11) is -2.83. The molecule has 1 N–H and O–H groups in total. The standard InChI is InChI=1S/C12H27NO2S/c1-4-7-8-10-16(14,15)11-9-13-12(5-2)6-3/h12-13H,4-11H2,1-3H3. The third kappa shape index (κ3) is 8.11. The lowest BCUT2D eigenvalue weighted by atomic mass is 10.2. The minimum atomic E-state index is -2.83. The van der Waals surface area contributed by atoms with Gasteiger partial charge >= 0.3 is 0 Å². The maximum absolute atomic E-state index is 11.6. The Kier molecular flexibility index (Phi) is 8.94. The Balaban J connectivity index is 3.73. The van der Waals surface area contributed by atoms with Crippen LogP contribution >= 0.6 is 0 Å². The first-order valence-electron chi connectivity index (χ1n) is 6.49. The van der Waals surface area contributed by atoms with Crippen LogP contribution in [0.5, 0.6) is 0 Å². The van der Waals surface area contributed by atoms with Crippen LogP contribution in [-0.4, -0.2) is 32.5 Å². The molecule has 0 aliphatic carbocycles. The summed E-state index contributed by atoms with van der Waals surface area (Å²) in [5.41, 5.74) is 0. The van der Waals surface area contributed by atoms with Gasteiger partial charge in [0.1, 0.15) is 0 Å². The Morgan fingerprint density at radius 2 is 1.62 bits per heavy atom. The second-order valence-corrected chi connectivity index (χ2v) is 6.63. The molecule has 98 valence electrons. The van der Waals surface area contributed by atoms with Crippen molar-refractivity contribution in [2.24, 2.45) is 0 Å². The van der Waals surface area contributed by atoms with Crippen LogP contribution in [0.25, 0.3) is 0 Å². The molecule has 0 aromatic carbocycles. The largest absolute Gasteiger partial charge is 0.313 e. The summed E-state index contributed by atoms with van der Waals surface area (Å²) in [4.78, 5) is 0. The molecule has 0 aliphatic heterocycles. The zero-order chi connectivity index (χ0) is 12.4. The van der Waals surface area contributed by atoms with E-state index in [0.29, 0.717) is 18.3 Å². The summed E-state index contributed by atoms with van der Waals surface area (Å²) in [5.74, 6) is 0.638. The van der Waals surface area contributed by atoms with Gasteiger partial charge in [-0.25, -0.2) is 8.42 Å². The van der Waals surface area contributed by atoms with E-state index in [9.17, 15) is 8.42 Å². The highest BCUT2D eigenvalue weighted by Gasteiger charge is 2.10. The van der Waals surface area contributed by atoms with Crippen molar-refractivity contribution in [3.05, 3.63) is 0 Å². The molecule has 0 unspecified atom stereocenters. The fourth-order valence-electron chi connectivity index (χ4n) is 1.67. The summed E-state index contributed by atoms with van der Waals surface area (Å²) < 4.78 is 23.2. The zero-order valence-electron chi connectivity index (χ0n) is 11.0. The summed E-state index contributed by atoms with van der Waals surface area (Å²) in [6.45, 7) is 6.93. The van der Waals surface area contributed by atoms with Crippen molar-refractivity contribution in [1.82, 2.24) is 5.32 Å². The van der Waals surface area contributed by atoms with E-state index in [1.165, 1.54) is 0 Å². The quantitative estimate of drug-likeness (QED) is 0.605. The van der Waals surface area contributed by atoms with Crippen LogP contribution in [0.15, 0.2) is 0 Å². The van der Waals surface area contributed by atoms with Gasteiger partial charge in [0.15, 0.2) is 9.84 Å². The van der Waals surface area contributed by atoms with Crippen molar-refractivity contribution >= 4 is 9.84 Å². The summed E-state index contributed by atoms with van der Waals surface area (Å²) in [6, 6.07) is 0.464. The van der Waals surface area contributed by atoms with Crippen LogP contribution in [0.4, 0.5) is 0 Å². The molecule has 0 aromatic rings. The van der Waals surface area contributed by atoms with E-state index in [1.54, 1.807) is 0 Å². The topological polar surface area (TPSA) is 46.2 Å². The lowest BCUT2D eigenvalue weighted by molar-refractivity contribution is 0.497. The monoisotopic (exact) mass is 249 g/mol. The third-order valence-electron chi connectivity index (χ3n) is 2.89. The maximum Gasteiger partial charge on any atom is 0.151 e. The molecule has 0 bridgehead atoms. The summed E-state index contributed by atoms with van der Waals surface area (Å²) in [6.07, 6.45) is 5.02. The van der Waals surface area contributed by atoms with Crippen molar-refractivity contribution in [2.45, 2.75) is 58.9 Å². The average molecular weight is 249 g/mol. The molecule has 0 amide bonds. The fraction of sp³-hybridized carbons (Fsp3) is 1.00. The van der Waals surface area contributed by atoms with Crippen molar-refractivity contribution in [1.29, 1.82) is 0 Å². The number of hydrogen-bond acceptors (Lipinski definition) is 3. The molecule has 3 nitrogen and oxygen atoms in total. The molecule has 0 atom stereocenters. The zero-order valence-corrected chi connectivity index (χ0v) is 11.8. The highest BCUT2D eigenvalue weighted by molar-refractivity contribution is 7.91. The molecule has 0 aromatic heterocycles. The van der Waals surface area contributed by atoms with E-state index in [4.69, 9.17) is 0 Å². The molecule has 0 aliphatic rings. The van der Waals surface area contributed by atoms with Crippen molar-refractivity contribution in [3.8, 4) is 0 Å². The van der Waals surface area contributed by atoms with Crippen LogP contribution in [-0.2, 0) is 9.84 Å². The van der Waals surface area contributed by atoms with E-state index in [1.807, 2.05) is 0 Å². The Hall–Kier alpha value is -0.0900. The highest BCUT2D eigenvalue weighted by Crippen LogP contribution is 2.01. The lowest BCUT2D eigenvalue weighted by Gasteiger charge is -2.14. The predicted octanol–water partition coefficient (Wildman–Crippen LogP) is 2.37. The van der Waals surface area contributed by atoms with Gasteiger partial charge < -0.3 is 5.32 Å². The molecule has 0 spiro atoms. The second-order valence-electron chi connectivity index (χ2n) is 4.33. The number of nitrogens with one attached hydrogen (secondary N) is 1. The Bertz CT molecular complexity index is 246. The van der Waals surface area contributed by atoms with Crippen LogP contribution in [0.3, 0.4) is 0 Å². The fourth-order valence-corrected chi connectivity index (χ4v) is 2.95. The van der Waals surface area contributed by atoms with Gasteiger partial charge in [-0.05, 0) is 19.3 Å². The van der Waals surface area contributed by atoms with Crippen molar-refractivity contribution in [2.75, 3.05) is 18.1 Å². The number of rotatable bonds is 10. The smallest absolute Gasteiger partial charge is 0.151 e. The SMILES string of the molecule is CCCCCS(=O)(=O)CCNC(CC)CC. The van der Waals surface area contributed by atoms with Crippen LogP contribution < -0.4 is 5.32 Å². The van der Waals surface area contributed by atoms with Gasteiger partial charge in [0, 0.05) is 12.6 Å². The van der Waals surface area contributed by atoms with Gasteiger partial charge in [0.25, 0.3) is 0 Å². The lowest BCUT2D eigenvalue weighted by Crippen LogP contribution is -2.32. The second kappa shape index (κ2) is 8.99. The highest BCUT2D eigenvalue weighted by atomic mass is 32.2. The van der Waals surface area contributed by atoms with Gasteiger partial charge in [0.05, 0.1) is 11.5 Å². The van der Waals surface area contributed by atoms with Crippen LogP contribution in [0.2, 0.25) is 0 Å². The maximum atomic E-state index is 11.6. The van der Waals surface area contributed by atoms with Gasteiger partial charge in [-0.15, -0.1) is 0 Å². The van der Waals surface area contributed by atoms with Gasteiger partial charge in [0.2, 0.25) is 0 Å². The molecule has 0 radical (unpaired) electrons. The number of sulfone groups is 1. The molecule has 0 saturated carbocycles. The molecule has 16 heavy (non-hydrogen) atoms. The molecule has 0 saturated heterocycles. The van der Waals surface area contributed by atoms with Crippen LogP contribution in [0, 0.1) is 0 Å². The van der Waals surface area contributed by atoms with Gasteiger partial charge in [-0.3, -0.25) is 0 Å². The minimum absolute atomic E-state index is 0.285. The first-order chi connectivity index (χ1) is 7.55. The van der Waals surface area contributed by atoms with E-state index in [0.717, 1.165) is 32.1 Å². The van der Waals surface area contributed by atoms with Gasteiger partial charge in [-0.2, -0.15) is 0 Å². The van der Waals surface area contributed by atoms with Gasteiger partial charge in [-0.1, -0.05) is 33.6 Å². The van der Waals surface area contributed by atoms with Crippen LogP contribution in [0.1, 0.15) is 52.9 Å². The number of hydrogen-bond donors (Lipinski definition) is 1. The molecular formula is C12H27NO2S. The van der Waals surface area contributed by atoms with E-state index in [2.05, 4.69) is 26.1 Å². The Morgan fingerprint density at radius 1 is 1.00 bits per heavy atom. The van der Waals surface area contributed by atoms with Crippen molar-refractivity contribution in [3.63, 3.8) is 0 Å². The van der Waals surface area contributed by atoms with E-state index in [-0.39, 0.29) is 5.75 Å². The van der Waals surface area contributed by atoms with E-state index >= 15 is 0 Å². The Labute approximate surface area is 101 Å². The van der Waals surface area contributed by atoms with Crippen molar-refractivity contribution < 1.29 is 8.42 Å². The average Bonchev–Trinajstić information content (AvgIpc) is 2.24. The molecular weight excluding hydrogens is 222 g/mol. The molecule has 4 heteroatoms. The molecule has 0 fully saturated rings. The normalized spacial score (nSPS) is 12.2. The number of unbranched alkanes of at least 4 members (excludes halogenated alkanes) is 2. The summed E-state index contributed by atoms with van der Waals surface area (Å²) >= 11 is 0. The minimum Gasteiger partial charge on any atom is -0.313 e. The summed E-state index contributed by atoms with van der Waals surface area (Å²) in [5, 5.41) is 3.29. The predicted molar refractivity (Wildman–Crippen MR) is 70.6 cm³/mol.